The molecule has 0 radical (unpaired) electrons. The van der Waals surface area contributed by atoms with Crippen molar-refractivity contribution in [1.82, 2.24) is 0 Å². The molecular weight excluding hydrogens is 212 g/mol. The molecule has 2 saturated heterocycles. The molecule has 1 N–H and O–H groups in total. The Morgan fingerprint density at radius 2 is 1.93 bits per heavy atom. The summed E-state index contributed by atoms with van der Waals surface area (Å²) in [7, 11) is -2.03. The Hall–Kier alpha value is 0.0569. The second-order valence-corrected chi connectivity index (χ2v) is 8.35. The summed E-state index contributed by atoms with van der Waals surface area (Å²) in [4.78, 5) is 0. The topological polar surface area (TPSA) is 47.9 Å². The third-order valence-electron chi connectivity index (χ3n) is 3.39. The summed E-state index contributed by atoms with van der Waals surface area (Å²) in [6.07, 6.45) is -0.677. The minimum atomic E-state index is -2.03. The van der Waals surface area contributed by atoms with Crippen molar-refractivity contribution in [3.63, 3.8) is 0 Å². The zero-order valence-corrected chi connectivity index (χ0v) is 10.8. The smallest absolute Gasteiger partial charge is 0.332 e. The maximum absolute atomic E-state index is 10.1. The highest BCUT2D eigenvalue weighted by atomic mass is 28.4. The molecule has 0 aliphatic carbocycles. The van der Waals surface area contributed by atoms with Crippen LogP contribution in [0.2, 0.25) is 13.1 Å². The normalized spacial score (nSPS) is 49.8. The van der Waals surface area contributed by atoms with Crippen LogP contribution >= 0.6 is 0 Å². The van der Waals surface area contributed by atoms with Crippen molar-refractivity contribution in [3.05, 3.63) is 0 Å². The monoisotopic (exact) mass is 232 g/mol. The Kier molecular flexibility index (Phi) is 2.94. The first-order valence-corrected chi connectivity index (χ1v) is 8.38. The Labute approximate surface area is 91.8 Å². The molecule has 2 aliphatic heterocycles. The molecule has 0 aromatic carbocycles. The van der Waals surface area contributed by atoms with E-state index >= 15 is 0 Å². The predicted octanol–water partition coefficient (Wildman–Crippen LogP) is 0.888. The number of hydrogen-bond donors (Lipinski definition) is 1. The summed E-state index contributed by atoms with van der Waals surface area (Å²) in [6, 6.07) is 0. The first-order valence-electron chi connectivity index (χ1n) is 5.56. The van der Waals surface area contributed by atoms with Gasteiger partial charge in [-0.2, -0.15) is 0 Å². The Morgan fingerprint density at radius 3 is 2.60 bits per heavy atom. The lowest BCUT2D eigenvalue weighted by molar-refractivity contribution is -0.214. The van der Waals surface area contributed by atoms with Crippen molar-refractivity contribution in [1.29, 1.82) is 0 Å². The van der Waals surface area contributed by atoms with Crippen LogP contribution in [0.3, 0.4) is 0 Å². The fourth-order valence-electron chi connectivity index (χ4n) is 2.20. The fourth-order valence-corrected chi connectivity index (χ4v) is 3.78. The number of ether oxygens (including phenoxy) is 1. The van der Waals surface area contributed by atoms with Gasteiger partial charge in [-0.15, -0.1) is 0 Å². The highest BCUT2D eigenvalue weighted by Gasteiger charge is 2.48. The van der Waals surface area contributed by atoms with E-state index in [0.717, 1.165) is 0 Å². The lowest BCUT2D eigenvalue weighted by Crippen LogP contribution is -2.62. The molecule has 15 heavy (non-hydrogen) atoms. The third-order valence-corrected chi connectivity index (χ3v) is 5.09. The Balaban J connectivity index is 2.12. The van der Waals surface area contributed by atoms with E-state index in [0.29, 0.717) is 6.61 Å². The molecule has 2 heterocycles. The average molecular weight is 232 g/mol. The molecule has 4 nitrogen and oxygen atoms in total. The highest BCUT2D eigenvalue weighted by molar-refractivity contribution is 6.64. The second-order valence-electron chi connectivity index (χ2n) is 5.02. The van der Waals surface area contributed by atoms with E-state index in [1.807, 2.05) is 26.9 Å². The maximum atomic E-state index is 10.1. The number of rotatable bonds is 0. The van der Waals surface area contributed by atoms with Gasteiger partial charge in [-0.3, -0.25) is 0 Å². The largest absolute Gasteiger partial charge is 0.392 e. The molecule has 0 aromatic heterocycles. The zero-order chi connectivity index (χ0) is 11.2. The molecule has 2 fully saturated rings. The molecule has 0 aromatic rings. The summed E-state index contributed by atoms with van der Waals surface area (Å²) in [5.41, 5.74) is 0. The van der Waals surface area contributed by atoms with Gasteiger partial charge in [-0.25, -0.2) is 0 Å². The lowest BCUT2D eigenvalue weighted by atomic mass is 9.89. The van der Waals surface area contributed by atoms with Gasteiger partial charge >= 0.3 is 8.56 Å². The Bertz CT molecular complexity index is 244. The fraction of sp³-hybridized carbons (Fsp3) is 1.00. The van der Waals surface area contributed by atoms with Gasteiger partial charge in [0, 0.05) is 5.92 Å². The van der Waals surface area contributed by atoms with Crippen molar-refractivity contribution in [2.75, 3.05) is 6.61 Å². The molecule has 88 valence electrons. The van der Waals surface area contributed by atoms with Gasteiger partial charge in [0.25, 0.3) is 0 Å². The highest BCUT2D eigenvalue weighted by Crippen LogP contribution is 2.33. The van der Waals surface area contributed by atoms with Crippen LogP contribution < -0.4 is 0 Å². The van der Waals surface area contributed by atoms with Gasteiger partial charge in [0.15, 0.2) is 0 Å². The first-order chi connectivity index (χ1) is 6.91. The van der Waals surface area contributed by atoms with Crippen LogP contribution in [-0.2, 0) is 13.6 Å². The second kappa shape index (κ2) is 3.82. The summed E-state index contributed by atoms with van der Waals surface area (Å²) in [5, 5.41) is 10.1. The van der Waals surface area contributed by atoms with E-state index in [9.17, 15) is 5.11 Å². The summed E-state index contributed by atoms with van der Waals surface area (Å²) >= 11 is 0. The van der Waals surface area contributed by atoms with Crippen LogP contribution in [0.4, 0.5) is 0 Å². The van der Waals surface area contributed by atoms with Crippen LogP contribution in [0.15, 0.2) is 0 Å². The van der Waals surface area contributed by atoms with Crippen molar-refractivity contribution in [2.45, 2.75) is 51.4 Å². The third kappa shape index (κ3) is 2.12. The first kappa shape index (κ1) is 11.5. The molecule has 0 amide bonds. The standard InChI is InChI=1S/C10H20O4Si/c1-6-7(2)13-8-5-12-15(3,4)14-10(8)9(6)11/h6-11H,5H2,1-4H3. The molecule has 0 bridgehead atoms. The number of aliphatic hydroxyl groups is 1. The summed E-state index contributed by atoms with van der Waals surface area (Å²) in [5.74, 6) is 0.120. The van der Waals surface area contributed by atoms with E-state index < -0.39 is 14.7 Å². The summed E-state index contributed by atoms with van der Waals surface area (Å²) in [6.45, 7) is 8.54. The van der Waals surface area contributed by atoms with E-state index in [-0.39, 0.29) is 24.2 Å². The van der Waals surface area contributed by atoms with Crippen molar-refractivity contribution in [2.24, 2.45) is 5.92 Å². The number of fused-ring (bicyclic) bond motifs is 1. The minimum Gasteiger partial charge on any atom is -0.392 e. The van der Waals surface area contributed by atoms with E-state index in [2.05, 4.69) is 0 Å². The van der Waals surface area contributed by atoms with Gasteiger partial charge in [0.05, 0.1) is 18.8 Å². The predicted molar refractivity (Wildman–Crippen MR) is 57.8 cm³/mol. The molecular formula is C10H20O4Si. The van der Waals surface area contributed by atoms with Crippen molar-refractivity contribution in [3.8, 4) is 0 Å². The Morgan fingerprint density at radius 1 is 1.27 bits per heavy atom. The number of hydrogen-bond acceptors (Lipinski definition) is 4. The molecule has 5 heteroatoms. The van der Waals surface area contributed by atoms with Gasteiger partial charge in [-0.1, -0.05) is 6.92 Å². The van der Waals surface area contributed by atoms with Crippen LogP contribution in [-0.4, -0.2) is 44.7 Å². The van der Waals surface area contributed by atoms with Gasteiger partial charge in [0.1, 0.15) is 12.2 Å². The van der Waals surface area contributed by atoms with Crippen molar-refractivity contribution >= 4 is 8.56 Å². The van der Waals surface area contributed by atoms with E-state index in [4.69, 9.17) is 13.6 Å². The maximum Gasteiger partial charge on any atom is 0.332 e. The van der Waals surface area contributed by atoms with E-state index in [1.54, 1.807) is 0 Å². The van der Waals surface area contributed by atoms with Crippen LogP contribution in [0.1, 0.15) is 13.8 Å². The molecule has 2 aliphatic rings. The quantitative estimate of drug-likeness (QED) is 0.630. The number of aliphatic hydroxyl groups excluding tert-OH is 1. The molecule has 5 atom stereocenters. The van der Waals surface area contributed by atoms with Gasteiger partial charge in [0.2, 0.25) is 0 Å². The molecule has 0 saturated carbocycles. The molecule has 0 spiro atoms. The van der Waals surface area contributed by atoms with Crippen LogP contribution in [0.25, 0.3) is 0 Å². The van der Waals surface area contributed by atoms with Crippen molar-refractivity contribution < 1.29 is 18.7 Å². The van der Waals surface area contributed by atoms with Gasteiger partial charge in [-0.05, 0) is 20.0 Å². The SMILES string of the molecule is CC1OC2CO[Si](C)(C)OC2C(O)C1C. The molecule has 2 rings (SSSR count). The van der Waals surface area contributed by atoms with Gasteiger partial charge < -0.3 is 18.7 Å². The molecule has 5 unspecified atom stereocenters. The van der Waals surface area contributed by atoms with E-state index in [1.165, 1.54) is 0 Å². The van der Waals surface area contributed by atoms with Crippen LogP contribution in [0.5, 0.6) is 0 Å². The zero-order valence-electron chi connectivity index (χ0n) is 9.77. The average Bonchev–Trinajstić information content (AvgIpc) is 2.16. The minimum absolute atomic E-state index is 0.0660. The van der Waals surface area contributed by atoms with Crippen LogP contribution in [0, 0.1) is 5.92 Å². The lowest BCUT2D eigenvalue weighted by Gasteiger charge is -2.48. The summed E-state index contributed by atoms with van der Waals surface area (Å²) < 4.78 is 17.3.